The van der Waals surface area contributed by atoms with Crippen molar-refractivity contribution in [2.24, 2.45) is 5.92 Å². The van der Waals surface area contributed by atoms with Gasteiger partial charge < -0.3 is 4.90 Å². The van der Waals surface area contributed by atoms with Gasteiger partial charge in [-0.2, -0.15) is 0 Å². The van der Waals surface area contributed by atoms with Gasteiger partial charge >= 0.3 is 0 Å². The lowest BCUT2D eigenvalue weighted by Crippen LogP contribution is -2.37. The number of hydrogen-bond acceptors (Lipinski definition) is 2. The number of benzene rings is 1. The van der Waals surface area contributed by atoms with Gasteiger partial charge in [-0.15, -0.1) is 0 Å². The second-order valence-electron chi connectivity index (χ2n) is 5.68. The summed E-state index contributed by atoms with van der Waals surface area (Å²) >= 11 is 0. The van der Waals surface area contributed by atoms with E-state index in [9.17, 15) is 4.79 Å². The van der Waals surface area contributed by atoms with Crippen molar-refractivity contribution in [2.45, 2.75) is 53.5 Å². The number of carbonyl (C=O) groups excluding carboxylic acids is 1. The summed E-state index contributed by atoms with van der Waals surface area (Å²) in [5.74, 6) is 0.630. The minimum Gasteiger partial charge on any atom is -0.368 e. The topological polar surface area (TPSA) is 20.3 Å². The molecule has 0 saturated heterocycles. The van der Waals surface area contributed by atoms with Crippen molar-refractivity contribution in [2.75, 3.05) is 11.4 Å². The molecule has 19 heavy (non-hydrogen) atoms. The van der Waals surface area contributed by atoms with Crippen molar-refractivity contribution in [3.8, 4) is 0 Å². The molecule has 2 heteroatoms. The number of carbonyl (C=O) groups is 1. The first kappa shape index (κ1) is 15.7. The molecule has 0 aliphatic carbocycles. The fourth-order valence-electron chi connectivity index (χ4n) is 2.64. The Morgan fingerprint density at radius 3 is 2.26 bits per heavy atom. The van der Waals surface area contributed by atoms with Crippen LogP contribution in [0.25, 0.3) is 0 Å². The molecule has 0 N–H and O–H groups in total. The highest BCUT2D eigenvalue weighted by atomic mass is 16.1. The lowest BCUT2D eigenvalue weighted by molar-refractivity contribution is 0.112. The number of nitrogens with zero attached hydrogens (tertiary/aromatic N) is 1. The van der Waals surface area contributed by atoms with Crippen LogP contribution in [0.1, 0.15) is 56.5 Å². The maximum Gasteiger partial charge on any atom is 0.150 e. The summed E-state index contributed by atoms with van der Waals surface area (Å²) in [6.45, 7) is 12.2. The minimum atomic E-state index is 0.572. The zero-order chi connectivity index (χ0) is 14.4. The van der Waals surface area contributed by atoms with E-state index in [2.05, 4.69) is 45.6 Å². The van der Waals surface area contributed by atoms with Crippen LogP contribution >= 0.6 is 0 Å². The van der Waals surface area contributed by atoms with Gasteiger partial charge in [0.1, 0.15) is 6.29 Å². The Bertz CT molecular complexity index is 408. The highest BCUT2D eigenvalue weighted by Gasteiger charge is 2.18. The lowest BCUT2D eigenvalue weighted by atomic mass is 10.0. The molecule has 106 valence electrons. The number of hydrogen-bond donors (Lipinski definition) is 0. The van der Waals surface area contributed by atoms with Crippen LogP contribution in [0.4, 0.5) is 5.69 Å². The maximum atomic E-state index is 10.9. The average molecular weight is 261 g/mol. The molecule has 0 aliphatic rings. The van der Waals surface area contributed by atoms with E-state index in [0.717, 1.165) is 31.2 Å². The van der Waals surface area contributed by atoms with Crippen LogP contribution in [0.5, 0.6) is 0 Å². The number of rotatable bonds is 7. The first-order valence-electron chi connectivity index (χ1n) is 7.35. The van der Waals surface area contributed by atoms with Crippen molar-refractivity contribution in [1.82, 2.24) is 0 Å². The van der Waals surface area contributed by atoms with Crippen LogP contribution in [0.3, 0.4) is 0 Å². The molecule has 0 aliphatic heterocycles. The molecule has 2 nitrogen and oxygen atoms in total. The largest absolute Gasteiger partial charge is 0.368 e. The van der Waals surface area contributed by atoms with E-state index < -0.39 is 0 Å². The molecule has 0 fully saturated rings. The van der Waals surface area contributed by atoms with Gasteiger partial charge in [-0.3, -0.25) is 4.79 Å². The third kappa shape index (κ3) is 4.09. The van der Waals surface area contributed by atoms with Crippen LogP contribution < -0.4 is 4.90 Å². The summed E-state index contributed by atoms with van der Waals surface area (Å²) in [5, 5.41) is 0. The van der Waals surface area contributed by atoms with Crippen molar-refractivity contribution >= 4 is 12.0 Å². The second kappa shape index (κ2) is 7.32. The van der Waals surface area contributed by atoms with Gasteiger partial charge in [0, 0.05) is 23.8 Å². The van der Waals surface area contributed by atoms with E-state index in [1.807, 2.05) is 12.1 Å². The molecular weight excluding hydrogens is 234 g/mol. The van der Waals surface area contributed by atoms with Crippen LogP contribution in [0.15, 0.2) is 18.2 Å². The average Bonchev–Trinajstić information content (AvgIpc) is 2.38. The molecule has 0 saturated carbocycles. The highest BCUT2D eigenvalue weighted by molar-refractivity contribution is 5.77. The number of aldehydes is 1. The summed E-state index contributed by atoms with van der Waals surface area (Å²) in [6.07, 6.45) is 3.22. The molecule has 1 aromatic carbocycles. The summed E-state index contributed by atoms with van der Waals surface area (Å²) < 4.78 is 0. The summed E-state index contributed by atoms with van der Waals surface area (Å²) in [7, 11) is 0. The van der Waals surface area contributed by atoms with E-state index in [0.29, 0.717) is 12.0 Å². The van der Waals surface area contributed by atoms with Gasteiger partial charge in [0.25, 0.3) is 0 Å². The Balaban J connectivity index is 3.12. The Kier molecular flexibility index (Phi) is 6.07. The monoisotopic (exact) mass is 261 g/mol. The highest BCUT2D eigenvalue weighted by Crippen LogP contribution is 2.26. The van der Waals surface area contributed by atoms with E-state index in [1.54, 1.807) is 0 Å². The van der Waals surface area contributed by atoms with Gasteiger partial charge in [-0.05, 0) is 49.4 Å². The standard InChI is InChI=1S/C17H27NO/c1-6-16(7-2)18(11-13(3)4)17-9-8-15(12-19)10-14(17)5/h8-10,12-13,16H,6-7,11H2,1-5H3. The van der Waals surface area contributed by atoms with Gasteiger partial charge in [0.2, 0.25) is 0 Å². The molecular formula is C17H27NO. The van der Waals surface area contributed by atoms with E-state index in [-0.39, 0.29) is 0 Å². The van der Waals surface area contributed by atoms with E-state index in [4.69, 9.17) is 0 Å². The smallest absolute Gasteiger partial charge is 0.150 e. The first-order chi connectivity index (χ1) is 9.03. The minimum absolute atomic E-state index is 0.572. The van der Waals surface area contributed by atoms with Crippen molar-refractivity contribution in [1.29, 1.82) is 0 Å². The third-order valence-corrected chi connectivity index (χ3v) is 3.61. The Morgan fingerprint density at radius 1 is 1.21 bits per heavy atom. The number of anilines is 1. The molecule has 0 amide bonds. The number of aryl methyl sites for hydroxylation is 1. The summed E-state index contributed by atoms with van der Waals surface area (Å²) in [6, 6.07) is 6.58. The normalized spacial score (nSPS) is 11.1. The van der Waals surface area contributed by atoms with Gasteiger partial charge in [0.15, 0.2) is 0 Å². The molecule has 0 spiro atoms. The molecule has 0 heterocycles. The zero-order valence-electron chi connectivity index (χ0n) is 12.9. The van der Waals surface area contributed by atoms with Crippen molar-refractivity contribution in [3.05, 3.63) is 29.3 Å². The fraction of sp³-hybridized carbons (Fsp3) is 0.588. The summed E-state index contributed by atoms with van der Waals surface area (Å²) in [4.78, 5) is 13.4. The summed E-state index contributed by atoms with van der Waals surface area (Å²) in [5.41, 5.74) is 3.22. The van der Waals surface area contributed by atoms with Crippen LogP contribution in [-0.4, -0.2) is 18.9 Å². The van der Waals surface area contributed by atoms with Crippen LogP contribution in [0, 0.1) is 12.8 Å². The van der Waals surface area contributed by atoms with Gasteiger partial charge in [-0.25, -0.2) is 0 Å². The third-order valence-electron chi connectivity index (χ3n) is 3.61. The molecule has 0 radical (unpaired) electrons. The van der Waals surface area contributed by atoms with Crippen LogP contribution in [0.2, 0.25) is 0 Å². The lowest BCUT2D eigenvalue weighted by Gasteiger charge is -2.35. The van der Waals surface area contributed by atoms with E-state index in [1.165, 1.54) is 11.3 Å². The first-order valence-corrected chi connectivity index (χ1v) is 7.35. The predicted molar refractivity (Wildman–Crippen MR) is 83.1 cm³/mol. The van der Waals surface area contributed by atoms with Gasteiger partial charge in [-0.1, -0.05) is 27.7 Å². The molecule has 0 aromatic heterocycles. The Labute approximate surface area is 117 Å². The zero-order valence-corrected chi connectivity index (χ0v) is 12.9. The van der Waals surface area contributed by atoms with Crippen LogP contribution in [-0.2, 0) is 0 Å². The molecule has 0 atom stereocenters. The van der Waals surface area contributed by atoms with E-state index >= 15 is 0 Å². The molecule has 0 unspecified atom stereocenters. The Morgan fingerprint density at radius 2 is 1.84 bits per heavy atom. The maximum absolute atomic E-state index is 10.9. The quantitative estimate of drug-likeness (QED) is 0.675. The SMILES string of the molecule is CCC(CC)N(CC(C)C)c1ccc(C=O)cc1C. The molecule has 1 aromatic rings. The van der Waals surface area contributed by atoms with Crippen molar-refractivity contribution in [3.63, 3.8) is 0 Å². The van der Waals surface area contributed by atoms with Gasteiger partial charge in [0.05, 0.1) is 0 Å². The second-order valence-corrected chi connectivity index (χ2v) is 5.68. The fourth-order valence-corrected chi connectivity index (χ4v) is 2.64. The predicted octanol–water partition coefficient (Wildman–Crippen LogP) is 4.46. The molecule has 0 bridgehead atoms. The Hall–Kier alpha value is -1.31. The molecule has 1 rings (SSSR count). The van der Waals surface area contributed by atoms with Crippen molar-refractivity contribution < 1.29 is 4.79 Å².